The Balaban J connectivity index is 1.68. The van der Waals surface area contributed by atoms with Gasteiger partial charge in [-0.3, -0.25) is 9.10 Å². The molecule has 1 amide bonds. The van der Waals surface area contributed by atoms with Gasteiger partial charge in [-0.25, -0.2) is 8.42 Å². The first-order valence-corrected chi connectivity index (χ1v) is 12.7. The highest BCUT2D eigenvalue weighted by Gasteiger charge is 2.27. The summed E-state index contributed by atoms with van der Waals surface area (Å²) in [6, 6.07) is 13.2. The van der Waals surface area contributed by atoms with Gasteiger partial charge in [0.25, 0.3) is 0 Å². The molecule has 8 heteroatoms. The number of amides is 1. The molecule has 1 heterocycles. The van der Waals surface area contributed by atoms with Crippen molar-refractivity contribution in [2.45, 2.75) is 26.7 Å². The lowest BCUT2D eigenvalue weighted by Crippen LogP contribution is -2.52. The normalized spacial score (nSPS) is 14.8. The van der Waals surface area contributed by atoms with Gasteiger partial charge in [0.1, 0.15) is 6.54 Å². The number of carbonyl (C=O) groups is 1. The van der Waals surface area contributed by atoms with Crippen LogP contribution in [0.3, 0.4) is 0 Å². The van der Waals surface area contributed by atoms with Gasteiger partial charge in [0, 0.05) is 36.9 Å². The molecular weight excluding hydrogens is 434 g/mol. The Kier molecular flexibility index (Phi) is 7.17. The monoisotopic (exact) mass is 463 g/mol. The number of hydrogen-bond acceptors (Lipinski definition) is 4. The van der Waals surface area contributed by atoms with Gasteiger partial charge in [-0.15, -0.1) is 0 Å². The fourth-order valence-corrected chi connectivity index (χ4v) is 4.78. The summed E-state index contributed by atoms with van der Waals surface area (Å²) < 4.78 is 26.0. The van der Waals surface area contributed by atoms with Gasteiger partial charge in [0.2, 0.25) is 15.9 Å². The van der Waals surface area contributed by atoms with Gasteiger partial charge in [-0.2, -0.15) is 0 Å². The second-order valence-electron chi connectivity index (χ2n) is 8.31. The van der Waals surface area contributed by atoms with Crippen LogP contribution >= 0.6 is 11.6 Å². The predicted octanol–water partition coefficient (Wildman–Crippen LogP) is 3.89. The molecule has 2 aromatic carbocycles. The topological polar surface area (TPSA) is 60.9 Å². The largest absolute Gasteiger partial charge is 0.368 e. The number of piperazine rings is 1. The van der Waals surface area contributed by atoms with E-state index in [1.165, 1.54) is 4.31 Å². The summed E-state index contributed by atoms with van der Waals surface area (Å²) in [5.41, 5.74) is 3.84. The Morgan fingerprint density at radius 3 is 2.23 bits per heavy atom. The minimum absolute atomic E-state index is 0.194. The van der Waals surface area contributed by atoms with Crippen molar-refractivity contribution in [1.29, 1.82) is 0 Å². The molecule has 0 aliphatic carbocycles. The van der Waals surface area contributed by atoms with E-state index in [1.54, 1.807) is 17.0 Å². The predicted molar refractivity (Wildman–Crippen MR) is 128 cm³/mol. The molecule has 0 saturated carbocycles. The smallest absolute Gasteiger partial charge is 0.243 e. The van der Waals surface area contributed by atoms with Crippen LogP contribution in [0.1, 0.15) is 30.9 Å². The summed E-state index contributed by atoms with van der Waals surface area (Å²) in [6.45, 7) is 8.43. The molecule has 0 spiro atoms. The molecule has 0 bridgehead atoms. The number of aryl methyl sites for hydroxylation is 1. The van der Waals surface area contributed by atoms with Crippen molar-refractivity contribution < 1.29 is 13.2 Å². The lowest BCUT2D eigenvalue weighted by atomic mass is 10.0. The molecule has 6 nitrogen and oxygen atoms in total. The minimum Gasteiger partial charge on any atom is -0.368 e. The van der Waals surface area contributed by atoms with Gasteiger partial charge in [0.05, 0.1) is 11.9 Å². The molecule has 0 N–H and O–H groups in total. The second-order valence-corrected chi connectivity index (χ2v) is 10.7. The van der Waals surface area contributed by atoms with E-state index in [0.29, 0.717) is 42.8 Å². The van der Waals surface area contributed by atoms with Crippen molar-refractivity contribution in [3.63, 3.8) is 0 Å². The van der Waals surface area contributed by atoms with Gasteiger partial charge in [-0.05, 0) is 48.2 Å². The lowest BCUT2D eigenvalue weighted by molar-refractivity contribution is -0.129. The first kappa shape index (κ1) is 23.4. The molecule has 3 rings (SSSR count). The third kappa shape index (κ3) is 5.71. The van der Waals surface area contributed by atoms with Crippen LogP contribution in [-0.2, 0) is 14.8 Å². The molecule has 1 fully saturated rings. The average Bonchev–Trinajstić information content (AvgIpc) is 2.73. The highest BCUT2D eigenvalue weighted by molar-refractivity contribution is 7.92. The summed E-state index contributed by atoms with van der Waals surface area (Å²) in [6.07, 6.45) is 1.14. The maximum absolute atomic E-state index is 12.9. The number of benzene rings is 2. The molecular formula is C23H30ClN3O3S. The molecule has 168 valence electrons. The lowest BCUT2D eigenvalue weighted by Gasteiger charge is -2.37. The summed E-state index contributed by atoms with van der Waals surface area (Å²) in [5, 5.41) is 0.686. The summed E-state index contributed by atoms with van der Waals surface area (Å²) in [5.74, 6) is 0.155. The zero-order valence-electron chi connectivity index (χ0n) is 18.5. The van der Waals surface area contributed by atoms with Gasteiger partial charge in [-0.1, -0.05) is 43.6 Å². The molecule has 0 unspecified atom stereocenters. The van der Waals surface area contributed by atoms with Crippen LogP contribution in [0.15, 0.2) is 42.5 Å². The van der Waals surface area contributed by atoms with E-state index in [-0.39, 0.29) is 12.5 Å². The summed E-state index contributed by atoms with van der Waals surface area (Å²) in [4.78, 5) is 16.9. The van der Waals surface area contributed by atoms with E-state index in [9.17, 15) is 13.2 Å². The van der Waals surface area contributed by atoms with Crippen LogP contribution in [0.4, 0.5) is 11.4 Å². The SMILES string of the molecule is Cc1ccc(Cl)cc1N1CCN(C(=O)CN(c2ccc(C(C)C)cc2)S(C)(=O)=O)CC1. The zero-order chi connectivity index (χ0) is 22.8. The number of halogens is 1. The molecule has 1 aliphatic heterocycles. The molecule has 0 atom stereocenters. The highest BCUT2D eigenvalue weighted by atomic mass is 35.5. The Hall–Kier alpha value is -2.25. The van der Waals surface area contributed by atoms with Crippen molar-refractivity contribution in [1.82, 2.24) is 4.90 Å². The van der Waals surface area contributed by atoms with Gasteiger partial charge < -0.3 is 9.80 Å². The maximum atomic E-state index is 12.9. The third-order valence-corrected chi connectivity index (χ3v) is 7.05. The Bertz CT molecular complexity index is 1030. The maximum Gasteiger partial charge on any atom is 0.243 e. The van der Waals surface area contributed by atoms with Gasteiger partial charge in [0.15, 0.2) is 0 Å². The molecule has 2 aromatic rings. The quantitative estimate of drug-likeness (QED) is 0.652. The number of sulfonamides is 1. The van der Waals surface area contributed by atoms with E-state index in [2.05, 4.69) is 18.7 Å². The van der Waals surface area contributed by atoms with Crippen molar-refractivity contribution in [2.24, 2.45) is 0 Å². The summed E-state index contributed by atoms with van der Waals surface area (Å²) >= 11 is 6.15. The summed E-state index contributed by atoms with van der Waals surface area (Å²) in [7, 11) is -3.59. The third-order valence-electron chi connectivity index (χ3n) is 5.67. The number of carbonyl (C=O) groups excluding carboxylic acids is 1. The second kappa shape index (κ2) is 9.49. The van der Waals surface area contributed by atoms with E-state index < -0.39 is 10.0 Å². The van der Waals surface area contributed by atoms with Crippen molar-refractivity contribution >= 4 is 38.9 Å². The molecule has 0 aromatic heterocycles. The highest BCUT2D eigenvalue weighted by Crippen LogP contribution is 2.26. The van der Waals surface area contributed by atoms with E-state index >= 15 is 0 Å². The van der Waals surface area contributed by atoms with Gasteiger partial charge >= 0.3 is 0 Å². The van der Waals surface area contributed by atoms with Crippen LogP contribution < -0.4 is 9.21 Å². The average molecular weight is 464 g/mol. The number of rotatable bonds is 6. The van der Waals surface area contributed by atoms with E-state index in [0.717, 1.165) is 23.1 Å². The van der Waals surface area contributed by atoms with Crippen molar-refractivity contribution in [3.8, 4) is 0 Å². The van der Waals surface area contributed by atoms with E-state index in [4.69, 9.17) is 11.6 Å². The molecule has 1 aliphatic rings. The fourth-order valence-electron chi connectivity index (χ4n) is 3.77. The number of hydrogen-bond donors (Lipinski definition) is 0. The van der Waals surface area contributed by atoms with Crippen LogP contribution in [0, 0.1) is 6.92 Å². The van der Waals surface area contributed by atoms with Crippen LogP contribution in [0.2, 0.25) is 5.02 Å². The first-order chi connectivity index (χ1) is 14.6. The van der Waals surface area contributed by atoms with Crippen LogP contribution in [-0.4, -0.2) is 58.2 Å². The fraction of sp³-hybridized carbons (Fsp3) is 0.435. The van der Waals surface area contributed by atoms with Crippen molar-refractivity contribution in [3.05, 3.63) is 58.6 Å². The molecule has 0 radical (unpaired) electrons. The first-order valence-electron chi connectivity index (χ1n) is 10.4. The van der Waals surface area contributed by atoms with Crippen molar-refractivity contribution in [2.75, 3.05) is 48.2 Å². The molecule has 31 heavy (non-hydrogen) atoms. The van der Waals surface area contributed by atoms with Crippen LogP contribution in [0.25, 0.3) is 0 Å². The number of anilines is 2. The Morgan fingerprint density at radius 2 is 1.68 bits per heavy atom. The minimum atomic E-state index is -3.59. The van der Waals surface area contributed by atoms with E-state index in [1.807, 2.05) is 37.3 Å². The number of nitrogens with zero attached hydrogens (tertiary/aromatic N) is 3. The zero-order valence-corrected chi connectivity index (χ0v) is 20.1. The van der Waals surface area contributed by atoms with Crippen LogP contribution in [0.5, 0.6) is 0 Å². The Morgan fingerprint density at radius 1 is 1.06 bits per heavy atom. The standard InChI is InChI=1S/C23H30ClN3O3S/c1-17(2)19-6-9-21(10-7-19)27(31(4,29)30)16-23(28)26-13-11-25(12-14-26)22-15-20(24)8-5-18(22)3/h5-10,15,17H,11-14,16H2,1-4H3. The molecule has 1 saturated heterocycles. The Labute approximate surface area is 190 Å².